The molecule has 24 heavy (non-hydrogen) atoms. The van der Waals surface area contributed by atoms with Crippen LogP contribution in [0.15, 0.2) is 24.3 Å². The number of ether oxygens (including phenoxy) is 2. The van der Waals surface area contributed by atoms with Crippen LogP contribution in [-0.2, 0) is 14.3 Å². The van der Waals surface area contributed by atoms with Crippen molar-refractivity contribution in [2.24, 2.45) is 0 Å². The third-order valence-electron chi connectivity index (χ3n) is 3.96. The number of hydrogen-bond donors (Lipinski definition) is 1. The molecule has 1 aromatic carbocycles. The number of anilines is 1. The van der Waals surface area contributed by atoms with Crippen molar-refractivity contribution < 1.29 is 14.3 Å². The van der Waals surface area contributed by atoms with E-state index in [4.69, 9.17) is 9.47 Å². The Morgan fingerprint density at radius 1 is 1.46 bits per heavy atom. The summed E-state index contributed by atoms with van der Waals surface area (Å²) in [4.78, 5) is 20.9. The second-order valence-electron chi connectivity index (χ2n) is 5.55. The lowest BCUT2D eigenvalue weighted by atomic mass is 10.1. The van der Waals surface area contributed by atoms with Crippen molar-refractivity contribution in [2.75, 3.05) is 25.6 Å². The number of rotatable bonds is 5. The second kappa shape index (κ2) is 7.23. The van der Waals surface area contributed by atoms with Gasteiger partial charge in [0.25, 0.3) is 0 Å². The van der Waals surface area contributed by atoms with Gasteiger partial charge in [-0.2, -0.15) is 5.26 Å². The molecule has 1 saturated heterocycles. The zero-order valence-electron chi connectivity index (χ0n) is 13.4. The highest BCUT2D eigenvalue weighted by Crippen LogP contribution is 2.25. The molecule has 0 spiro atoms. The molecule has 7 heteroatoms. The van der Waals surface area contributed by atoms with E-state index >= 15 is 0 Å². The summed E-state index contributed by atoms with van der Waals surface area (Å²) in [6.07, 6.45) is 2.11. The molecule has 2 heterocycles. The second-order valence-corrected chi connectivity index (χ2v) is 5.55. The monoisotopic (exact) mass is 326 g/mol. The lowest BCUT2D eigenvalue weighted by molar-refractivity contribution is -0.141. The summed E-state index contributed by atoms with van der Waals surface area (Å²) in [5.74, 6) is -1.36. The Morgan fingerprint density at radius 3 is 2.83 bits per heavy atom. The molecule has 1 N–H and O–H groups in total. The van der Waals surface area contributed by atoms with Gasteiger partial charge in [-0.3, -0.25) is 4.79 Å². The van der Waals surface area contributed by atoms with E-state index in [-0.39, 0.29) is 11.8 Å². The van der Waals surface area contributed by atoms with Crippen LogP contribution in [0.2, 0.25) is 0 Å². The molecular formula is C17H18N4O3. The number of nitrogens with zero attached hydrogens (tertiary/aromatic N) is 3. The van der Waals surface area contributed by atoms with Crippen molar-refractivity contribution in [3.05, 3.63) is 30.0 Å². The molecule has 0 amide bonds. The van der Waals surface area contributed by atoms with Crippen LogP contribution in [0.25, 0.3) is 11.0 Å². The van der Waals surface area contributed by atoms with Crippen molar-refractivity contribution in [1.29, 1.82) is 5.26 Å². The molecule has 1 aliphatic heterocycles. The summed E-state index contributed by atoms with van der Waals surface area (Å²) in [5, 5.41) is 12.6. The normalized spacial score (nSPS) is 18.1. The van der Waals surface area contributed by atoms with Gasteiger partial charge in [0, 0.05) is 13.2 Å². The fourth-order valence-corrected chi connectivity index (χ4v) is 2.70. The number of nitriles is 1. The largest absolute Gasteiger partial charge is 0.468 e. The van der Waals surface area contributed by atoms with E-state index < -0.39 is 11.9 Å². The third kappa shape index (κ3) is 3.29. The number of carbonyl (C=O) groups excluding carboxylic acids is 1. The highest BCUT2D eigenvalue weighted by molar-refractivity contribution is 5.84. The maximum atomic E-state index is 11.9. The first kappa shape index (κ1) is 16.1. The smallest absolute Gasteiger partial charge is 0.329 e. The minimum Gasteiger partial charge on any atom is -0.468 e. The van der Waals surface area contributed by atoms with Crippen LogP contribution in [0.4, 0.5) is 5.82 Å². The minimum atomic E-state index is -1.13. The molecule has 0 unspecified atom stereocenters. The number of carbonyl (C=O) groups is 1. The van der Waals surface area contributed by atoms with Crippen molar-refractivity contribution in [1.82, 2.24) is 9.97 Å². The van der Waals surface area contributed by atoms with Crippen molar-refractivity contribution in [3.8, 4) is 6.07 Å². The fraction of sp³-hybridized carbons (Fsp3) is 0.412. The van der Waals surface area contributed by atoms with Crippen LogP contribution in [-0.4, -0.2) is 42.3 Å². The molecule has 0 aliphatic carbocycles. The molecule has 1 aromatic heterocycles. The van der Waals surface area contributed by atoms with Crippen LogP contribution in [0, 0.1) is 11.3 Å². The van der Waals surface area contributed by atoms with Gasteiger partial charge in [-0.05, 0) is 25.0 Å². The van der Waals surface area contributed by atoms with Gasteiger partial charge in [-0.1, -0.05) is 12.1 Å². The molecule has 2 aromatic rings. The Morgan fingerprint density at radius 2 is 2.21 bits per heavy atom. The van der Waals surface area contributed by atoms with Crippen LogP contribution in [0.3, 0.4) is 0 Å². The van der Waals surface area contributed by atoms with Gasteiger partial charge < -0.3 is 14.8 Å². The van der Waals surface area contributed by atoms with Crippen molar-refractivity contribution in [3.63, 3.8) is 0 Å². The molecule has 1 aliphatic rings. The summed E-state index contributed by atoms with van der Waals surface area (Å²) in [7, 11) is 1.25. The molecule has 3 rings (SSSR count). The quantitative estimate of drug-likeness (QED) is 0.839. The lowest BCUT2D eigenvalue weighted by Crippen LogP contribution is -2.22. The van der Waals surface area contributed by atoms with Crippen LogP contribution >= 0.6 is 0 Å². The first-order chi connectivity index (χ1) is 11.7. The Labute approximate surface area is 139 Å². The van der Waals surface area contributed by atoms with Gasteiger partial charge in [0.1, 0.15) is 5.69 Å². The molecule has 7 nitrogen and oxygen atoms in total. The van der Waals surface area contributed by atoms with E-state index in [1.165, 1.54) is 7.11 Å². The number of benzene rings is 1. The Hall–Kier alpha value is -2.72. The zero-order valence-corrected chi connectivity index (χ0v) is 13.4. The zero-order chi connectivity index (χ0) is 16.9. The van der Waals surface area contributed by atoms with E-state index in [0.29, 0.717) is 23.4 Å². The van der Waals surface area contributed by atoms with Crippen molar-refractivity contribution in [2.45, 2.75) is 24.9 Å². The van der Waals surface area contributed by atoms with Crippen molar-refractivity contribution >= 4 is 22.8 Å². The number of hydrogen-bond acceptors (Lipinski definition) is 7. The summed E-state index contributed by atoms with van der Waals surface area (Å²) in [5.41, 5.74) is 1.60. The number of para-hydroxylation sites is 2. The van der Waals surface area contributed by atoms with E-state index in [0.717, 1.165) is 19.4 Å². The first-order valence-electron chi connectivity index (χ1n) is 7.82. The Kier molecular flexibility index (Phi) is 4.87. The summed E-state index contributed by atoms with van der Waals surface area (Å²) < 4.78 is 10.3. The van der Waals surface area contributed by atoms with E-state index in [9.17, 15) is 10.1 Å². The number of esters is 1. The highest BCUT2D eigenvalue weighted by Gasteiger charge is 2.27. The average Bonchev–Trinajstić information content (AvgIpc) is 3.13. The van der Waals surface area contributed by atoms with Gasteiger partial charge in [0.2, 0.25) is 0 Å². The molecule has 2 atom stereocenters. The predicted octanol–water partition coefficient (Wildman–Crippen LogP) is 2.00. The molecular weight excluding hydrogens is 308 g/mol. The number of fused-ring (bicyclic) bond motifs is 1. The van der Waals surface area contributed by atoms with E-state index in [1.54, 1.807) is 6.07 Å². The SMILES string of the molecule is COC(=O)[C@H](C#N)c1nc2ccccc2nc1NC[C@@H]1CCCO1. The first-order valence-corrected chi connectivity index (χ1v) is 7.82. The predicted molar refractivity (Wildman–Crippen MR) is 87.4 cm³/mol. The maximum Gasteiger partial charge on any atom is 0.329 e. The van der Waals surface area contributed by atoms with E-state index in [1.807, 2.05) is 24.3 Å². The van der Waals surface area contributed by atoms with Gasteiger partial charge >= 0.3 is 5.97 Å². The molecule has 0 radical (unpaired) electrons. The highest BCUT2D eigenvalue weighted by atomic mass is 16.5. The van der Waals surface area contributed by atoms with Gasteiger partial charge in [-0.25, -0.2) is 9.97 Å². The summed E-state index contributed by atoms with van der Waals surface area (Å²) in [6.45, 7) is 1.31. The standard InChI is InChI=1S/C17H18N4O3/c1-23-17(22)12(9-18)15-16(19-10-11-5-4-8-24-11)21-14-7-3-2-6-13(14)20-15/h2-3,6-7,11-12H,4-5,8,10H2,1H3,(H,19,21)/t11-,12+/m0/s1. The van der Waals surface area contributed by atoms with Gasteiger partial charge in [0.15, 0.2) is 11.7 Å². The molecule has 0 saturated carbocycles. The number of nitrogens with one attached hydrogen (secondary N) is 1. The minimum absolute atomic E-state index is 0.102. The fourth-order valence-electron chi connectivity index (χ4n) is 2.70. The summed E-state index contributed by atoms with van der Waals surface area (Å²) in [6, 6.07) is 9.28. The molecule has 0 bridgehead atoms. The average molecular weight is 326 g/mol. The number of aromatic nitrogens is 2. The van der Waals surface area contributed by atoms with Crippen LogP contribution in [0.1, 0.15) is 24.5 Å². The van der Waals surface area contributed by atoms with Crippen LogP contribution in [0.5, 0.6) is 0 Å². The topological polar surface area (TPSA) is 97.1 Å². The molecule has 124 valence electrons. The van der Waals surface area contributed by atoms with Gasteiger partial charge in [-0.15, -0.1) is 0 Å². The van der Waals surface area contributed by atoms with Gasteiger partial charge in [0.05, 0.1) is 30.3 Å². The number of methoxy groups -OCH3 is 1. The third-order valence-corrected chi connectivity index (χ3v) is 3.96. The maximum absolute atomic E-state index is 11.9. The van der Waals surface area contributed by atoms with E-state index in [2.05, 4.69) is 15.3 Å². The Bertz CT molecular complexity index is 781. The van der Waals surface area contributed by atoms with Crippen LogP contribution < -0.4 is 5.32 Å². The Balaban J connectivity index is 1.98. The lowest BCUT2D eigenvalue weighted by Gasteiger charge is -2.16. The molecule has 1 fully saturated rings. The summed E-state index contributed by atoms with van der Waals surface area (Å²) >= 11 is 0.